The minimum absolute atomic E-state index is 0.0164. The summed E-state index contributed by atoms with van der Waals surface area (Å²) in [5.41, 5.74) is 1.88. The van der Waals surface area contributed by atoms with Gasteiger partial charge in [0, 0.05) is 11.9 Å². The zero-order valence-electron chi connectivity index (χ0n) is 17.4. The van der Waals surface area contributed by atoms with Crippen LogP contribution in [0.2, 0.25) is 0 Å². The maximum absolute atomic E-state index is 12.6. The molecule has 4 aromatic rings. The second-order valence-electron chi connectivity index (χ2n) is 7.14. The molecule has 0 spiro atoms. The topological polar surface area (TPSA) is 114 Å². The van der Waals surface area contributed by atoms with E-state index in [1.165, 1.54) is 11.3 Å². The third-order valence-corrected chi connectivity index (χ3v) is 6.76. The van der Waals surface area contributed by atoms with Crippen LogP contribution in [0.4, 0.5) is 0 Å². The monoisotopic (exact) mass is 468 g/mol. The number of hydrogen-bond acceptors (Lipinski definition) is 8. The predicted octanol–water partition coefficient (Wildman–Crippen LogP) is 3.27. The quantitative estimate of drug-likeness (QED) is 0.403. The highest BCUT2D eigenvalue weighted by atomic mass is 32.1. The molecule has 10 heteroatoms. The first-order valence-corrected chi connectivity index (χ1v) is 11.5. The summed E-state index contributed by atoms with van der Waals surface area (Å²) in [4.78, 5) is 49.1. The molecular formula is C22H20N4O4S2. The number of aromatic nitrogens is 3. The molecule has 2 N–H and O–H groups in total. The third-order valence-electron chi connectivity index (χ3n) is 4.70. The fourth-order valence-corrected chi connectivity index (χ4v) is 5.04. The number of esters is 1. The minimum Gasteiger partial charge on any atom is -0.455 e. The number of benzene rings is 1. The van der Waals surface area contributed by atoms with Crippen molar-refractivity contribution in [1.82, 2.24) is 20.3 Å². The maximum atomic E-state index is 12.6. The van der Waals surface area contributed by atoms with Crippen molar-refractivity contribution in [2.75, 3.05) is 0 Å². The fraction of sp³-hybridized carbons (Fsp3) is 0.227. The van der Waals surface area contributed by atoms with E-state index >= 15 is 0 Å². The van der Waals surface area contributed by atoms with Gasteiger partial charge in [-0.3, -0.25) is 9.59 Å². The Bertz CT molecular complexity index is 1340. The molecule has 0 aliphatic carbocycles. The van der Waals surface area contributed by atoms with Crippen molar-refractivity contribution >= 4 is 44.8 Å². The van der Waals surface area contributed by atoms with E-state index in [9.17, 15) is 14.4 Å². The van der Waals surface area contributed by atoms with Gasteiger partial charge in [0.25, 0.3) is 5.56 Å². The third kappa shape index (κ3) is 4.92. The molecule has 0 bridgehead atoms. The number of H-pyrrole nitrogens is 1. The highest BCUT2D eigenvalue weighted by molar-refractivity contribution is 7.20. The Morgan fingerprint density at radius 1 is 1.16 bits per heavy atom. The lowest BCUT2D eigenvalue weighted by Crippen LogP contribution is -2.24. The van der Waals surface area contributed by atoms with Gasteiger partial charge in [0.2, 0.25) is 5.91 Å². The fourth-order valence-electron chi connectivity index (χ4n) is 3.14. The smallest absolute Gasteiger partial charge is 0.349 e. The highest BCUT2D eigenvalue weighted by Gasteiger charge is 2.20. The molecule has 164 valence electrons. The van der Waals surface area contributed by atoms with Crippen molar-refractivity contribution in [3.8, 4) is 0 Å². The Labute approximate surface area is 191 Å². The molecular weight excluding hydrogens is 448 g/mol. The molecule has 3 aromatic heterocycles. The lowest BCUT2D eigenvalue weighted by Gasteiger charge is -2.04. The molecule has 0 unspecified atom stereocenters. The van der Waals surface area contributed by atoms with Gasteiger partial charge in [-0.05, 0) is 25.0 Å². The van der Waals surface area contributed by atoms with Crippen LogP contribution in [0.5, 0.6) is 0 Å². The zero-order valence-corrected chi connectivity index (χ0v) is 19.1. The van der Waals surface area contributed by atoms with Crippen molar-refractivity contribution in [3.05, 3.63) is 78.6 Å². The summed E-state index contributed by atoms with van der Waals surface area (Å²) in [7, 11) is 0. The number of aromatic amines is 1. The molecule has 1 amide bonds. The van der Waals surface area contributed by atoms with E-state index in [4.69, 9.17) is 4.74 Å². The molecule has 0 saturated heterocycles. The molecule has 3 heterocycles. The van der Waals surface area contributed by atoms with Crippen molar-refractivity contribution < 1.29 is 14.3 Å². The molecule has 4 rings (SSSR count). The number of thiophene rings is 1. The summed E-state index contributed by atoms with van der Waals surface area (Å²) in [6.45, 7) is 3.84. The van der Waals surface area contributed by atoms with E-state index in [-0.39, 0.29) is 24.5 Å². The molecule has 1 aromatic carbocycles. The number of nitrogens with one attached hydrogen (secondary N) is 2. The van der Waals surface area contributed by atoms with E-state index < -0.39 is 5.97 Å². The van der Waals surface area contributed by atoms with Crippen molar-refractivity contribution in [2.24, 2.45) is 0 Å². The molecule has 0 atom stereocenters. The number of carbonyl (C=O) groups excluding carboxylic acids is 2. The van der Waals surface area contributed by atoms with Crippen LogP contribution in [0, 0.1) is 13.8 Å². The van der Waals surface area contributed by atoms with Crippen LogP contribution in [0.25, 0.3) is 10.2 Å². The standard InChI is InChI=1S/C22H20N4O4S2/c1-12-18-20(28)24-13(2)25-21(18)32-19(12)22(29)30-10-15-11-31-17(26-15)8-16(27)23-9-14-6-4-3-5-7-14/h3-7,11H,8-10H2,1-2H3,(H,23,27)(H,24,25,28). The van der Waals surface area contributed by atoms with Crippen LogP contribution >= 0.6 is 22.7 Å². The van der Waals surface area contributed by atoms with Gasteiger partial charge >= 0.3 is 5.97 Å². The van der Waals surface area contributed by atoms with Crippen molar-refractivity contribution in [2.45, 2.75) is 33.4 Å². The number of fused-ring (bicyclic) bond motifs is 1. The number of amides is 1. The Balaban J connectivity index is 1.34. The van der Waals surface area contributed by atoms with Crippen LogP contribution in [0.3, 0.4) is 0 Å². The van der Waals surface area contributed by atoms with Crippen LogP contribution in [0.1, 0.15) is 37.3 Å². The summed E-state index contributed by atoms with van der Waals surface area (Å²) in [6.07, 6.45) is 0.161. The number of thiazole rings is 1. The van der Waals surface area contributed by atoms with E-state index in [2.05, 4.69) is 20.3 Å². The number of hydrogen-bond donors (Lipinski definition) is 2. The lowest BCUT2D eigenvalue weighted by atomic mass is 10.2. The first kappa shape index (κ1) is 21.8. The Hall–Kier alpha value is -3.37. The second kappa shape index (κ2) is 9.41. The number of rotatable bonds is 7. The van der Waals surface area contributed by atoms with Crippen molar-refractivity contribution in [1.29, 1.82) is 0 Å². The maximum Gasteiger partial charge on any atom is 0.349 e. The molecule has 8 nitrogen and oxygen atoms in total. The van der Waals surface area contributed by atoms with Crippen LogP contribution in [0.15, 0.2) is 40.5 Å². The van der Waals surface area contributed by atoms with Crippen molar-refractivity contribution in [3.63, 3.8) is 0 Å². The average Bonchev–Trinajstić information content (AvgIpc) is 3.35. The van der Waals surface area contributed by atoms with E-state index in [1.807, 2.05) is 30.3 Å². The van der Waals surface area contributed by atoms with Crippen LogP contribution in [-0.4, -0.2) is 26.8 Å². The first-order valence-electron chi connectivity index (χ1n) is 9.81. The van der Waals surface area contributed by atoms with E-state index in [0.29, 0.717) is 43.7 Å². The number of aryl methyl sites for hydroxylation is 2. The predicted molar refractivity (Wildman–Crippen MR) is 123 cm³/mol. The first-order chi connectivity index (χ1) is 15.4. The summed E-state index contributed by atoms with van der Waals surface area (Å²) in [6, 6.07) is 9.66. The average molecular weight is 469 g/mol. The summed E-state index contributed by atoms with van der Waals surface area (Å²) < 4.78 is 5.39. The SMILES string of the molecule is Cc1nc2sc(C(=O)OCc3csc(CC(=O)NCc4ccccc4)n3)c(C)c2c(=O)[nH]1. The van der Waals surface area contributed by atoms with Gasteiger partial charge in [0.1, 0.15) is 27.1 Å². The summed E-state index contributed by atoms with van der Waals surface area (Å²) >= 11 is 2.48. The minimum atomic E-state index is -0.530. The molecule has 0 aliphatic rings. The number of nitrogens with zero attached hydrogens (tertiary/aromatic N) is 2. The molecule has 0 aliphatic heterocycles. The highest BCUT2D eigenvalue weighted by Crippen LogP contribution is 2.27. The van der Waals surface area contributed by atoms with Crippen LogP contribution in [-0.2, 0) is 29.1 Å². The normalized spacial score (nSPS) is 10.9. The Morgan fingerprint density at radius 3 is 2.72 bits per heavy atom. The molecule has 0 radical (unpaired) electrons. The van der Waals surface area contributed by atoms with Gasteiger partial charge in [0.15, 0.2) is 0 Å². The Kier molecular flexibility index (Phi) is 6.42. The lowest BCUT2D eigenvalue weighted by molar-refractivity contribution is -0.120. The Morgan fingerprint density at radius 2 is 1.94 bits per heavy atom. The van der Waals surface area contributed by atoms with Gasteiger partial charge in [-0.2, -0.15) is 0 Å². The molecule has 32 heavy (non-hydrogen) atoms. The zero-order chi connectivity index (χ0) is 22.7. The van der Waals surface area contributed by atoms with Gasteiger partial charge in [0.05, 0.1) is 17.5 Å². The largest absolute Gasteiger partial charge is 0.455 e. The van der Waals surface area contributed by atoms with Crippen LogP contribution < -0.4 is 10.9 Å². The molecule has 0 saturated carbocycles. The van der Waals surface area contributed by atoms with E-state index in [0.717, 1.165) is 16.9 Å². The number of ether oxygens (including phenoxy) is 1. The second-order valence-corrected chi connectivity index (χ2v) is 9.08. The van der Waals surface area contributed by atoms with Gasteiger partial charge in [-0.25, -0.2) is 14.8 Å². The summed E-state index contributed by atoms with van der Waals surface area (Å²) in [5.74, 6) is -0.162. The van der Waals surface area contributed by atoms with Gasteiger partial charge < -0.3 is 15.0 Å². The summed E-state index contributed by atoms with van der Waals surface area (Å²) in [5, 5.41) is 5.68. The van der Waals surface area contributed by atoms with E-state index in [1.54, 1.807) is 19.2 Å². The van der Waals surface area contributed by atoms with Gasteiger partial charge in [-0.1, -0.05) is 30.3 Å². The molecule has 0 fully saturated rings. The van der Waals surface area contributed by atoms with Gasteiger partial charge in [-0.15, -0.1) is 22.7 Å². The number of carbonyl (C=O) groups is 2.